The van der Waals surface area contributed by atoms with Crippen LogP contribution in [-0.2, 0) is 0 Å². The van der Waals surface area contributed by atoms with E-state index >= 15 is 0 Å². The van der Waals surface area contributed by atoms with Crippen molar-refractivity contribution in [2.24, 2.45) is 0 Å². The van der Waals surface area contributed by atoms with E-state index in [9.17, 15) is 5.26 Å². The summed E-state index contributed by atoms with van der Waals surface area (Å²) in [5.41, 5.74) is 3.34. The molecule has 0 saturated carbocycles. The van der Waals surface area contributed by atoms with E-state index in [4.69, 9.17) is 16.3 Å². The lowest BCUT2D eigenvalue weighted by molar-refractivity contribution is 0.304. The molecule has 0 spiro atoms. The number of hydrogen-bond donors (Lipinski definition) is 0. The van der Waals surface area contributed by atoms with Gasteiger partial charge in [-0.3, -0.25) is 0 Å². The average Bonchev–Trinajstić information content (AvgIpc) is 2.49. The molecule has 0 aliphatic rings. The first-order chi connectivity index (χ1) is 10.1. The molecular formula is C18H18ClNO. The normalized spacial score (nSPS) is 11.7. The Balaban J connectivity index is 1.97. The van der Waals surface area contributed by atoms with Crippen LogP contribution in [0.3, 0.4) is 0 Å². The molecule has 0 amide bonds. The van der Waals surface area contributed by atoms with Crippen LogP contribution in [0.5, 0.6) is 5.75 Å². The van der Waals surface area contributed by atoms with E-state index in [0.29, 0.717) is 18.1 Å². The predicted molar refractivity (Wildman–Crippen MR) is 85.8 cm³/mol. The predicted octanol–water partition coefficient (Wildman–Crippen LogP) is 5.03. The van der Waals surface area contributed by atoms with Gasteiger partial charge in [-0.1, -0.05) is 35.9 Å². The van der Waals surface area contributed by atoms with E-state index in [1.54, 1.807) is 0 Å². The van der Waals surface area contributed by atoms with Gasteiger partial charge in [-0.25, -0.2) is 0 Å². The summed E-state index contributed by atoms with van der Waals surface area (Å²) in [6, 6.07) is 15.8. The lowest BCUT2D eigenvalue weighted by Crippen LogP contribution is -2.05. The Labute approximate surface area is 130 Å². The van der Waals surface area contributed by atoms with Crippen LogP contribution < -0.4 is 4.74 Å². The van der Waals surface area contributed by atoms with Gasteiger partial charge in [-0.2, -0.15) is 5.26 Å². The minimum absolute atomic E-state index is 0.174. The van der Waals surface area contributed by atoms with Crippen LogP contribution in [0.1, 0.15) is 29.0 Å². The third-order valence-corrected chi connectivity index (χ3v) is 3.90. The van der Waals surface area contributed by atoms with Gasteiger partial charge in [0.25, 0.3) is 0 Å². The van der Waals surface area contributed by atoms with Crippen LogP contribution in [0, 0.1) is 25.2 Å². The molecular weight excluding hydrogens is 282 g/mol. The fraction of sp³-hybridized carbons (Fsp3) is 0.278. The molecule has 2 aromatic carbocycles. The largest absolute Gasteiger partial charge is 0.493 e. The number of ether oxygens (including phenoxy) is 1. The minimum Gasteiger partial charge on any atom is -0.493 e. The van der Waals surface area contributed by atoms with Crippen molar-refractivity contribution >= 4 is 11.6 Å². The third-order valence-electron chi connectivity index (χ3n) is 3.65. The van der Waals surface area contributed by atoms with Crippen LogP contribution in [0.2, 0.25) is 5.02 Å². The average molecular weight is 300 g/mol. The van der Waals surface area contributed by atoms with E-state index in [-0.39, 0.29) is 5.92 Å². The van der Waals surface area contributed by atoms with Crippen molar-refractivity contribution < 1.29 is 4.74 Å². The molecule has 0 fully saturated rings. The highest BCUT2D eigenvalue weighted by atomic mass is 35.5. The van der Waals surface area contributed by atoms with Crippen molar-refractivity contribution in [1.29, 1.82) is 5.26 Å². The summed E-state index contributed by atoms with van der Waals surface area (Å²) < 4.78 is 5.82. The van der Waals surface area contributed by atoms with Crippen LogP contribution >= 0.6 is 11.6 Å². The molecule has 0 aliphatic carbocycles. The summed E-state index contributed by atoms with van der Waals surface area (Å²) >= 11 is 5.87. The summed E-state index contributed by atoms with van der Waals surface area (Å²) in [5.74, 6) is 0.718. The molecule has 21 heavy (non-hydrogen) atoms. The Morgan fingerprint density at radius 1 is 1.14 bits per heavy atom. The number of nitriles is 1. The molecule has 2 aromatic rings. The third kappa shape index (κ3) is 4.00. The molecule has 0 bridgehead atoms. The van der Waals surface area contributed by atoms with E-state index < -0.39 is 0 Å². The number of benzene rings is 2. The molecule has 0 saturated heterocycles. The number of hydrogen-bond acceptors (Lipinski definition) is 2. The smallest absolute Gasteiger partial charge is 0.122 e. The second-order valence-corrected chi connectivity index (χ2v) is 5.50. The highest BCUT2D eigenvalue weighted by Gasteiger charge is 2.11. The number of aryl methyl sites for hydroxylation is 1. The first kappa shape index (κ1) is 15.4. The summed E-state index contributed by atoms with van der Waals surface area (Å²) in [6.45, 7) is 4.63. The van der Waals surface area contributed by atoms with Gasteiger partial charge >= 0.3 is 0 Å². The van der Waals surface area contributed by atoms with Gasteiger partial charge in [0.05, 0.1) is 18.6 Å². The number of nitrogens with zero attached hydrogens (tertiary/aromatic N) is 1. The fourth-order valence-electron chi connectivity index (χ4n) is 2.17. The molecule has 1 unspecified atom stereocenters. The van der Waals surface area contributed by atoms with Crippen molar-refractivity contribution in [3.8, 4) is 11.8 Å². The highest BCUT2D eigenvalue weighted by molar-refractivity contribution is 6.30. The maximum Gasteiger partial charge on any atom is 0.122 e. The Bertz CT molecular complexity index is 643. The van der Waals surface area contributed by atoms with Gasteiger partial charge in [0.15, 0.2) is 0 Å². The zero-order chi connectivity index (χ0) is 15.2. The van der Waals surface area contributed by atoms with Crippen molar-refractivity contribution in [1.82, 2.24) is 0 Å². The lowest BCUT2D eigenvalue weighted by Gasteiger charge is -2.13. The summed E-state index contributed by atoms with van der Waals surface area (Å²) in [5, 5.41) is 9.99. The maximum atomic E-state index is 9.31. The molecule has 0 radical (unpaired) electrons. The summed E-state index contributed by atoms with van der Waals surface area (Å²) in [4.78, 5) is 0. The molecule has 0 aliphatic heterocycles. The van der Waals surface area contributed by atoms with Crippen LogP contribution in [0.15, 0.2) is 42.5 Å². The second kappa shape index (κ2) is 7.15. The first-order valence-electron chi connectivity index (χ1n) is 6.96. The van der Waals surface area contributed by atoms with E-state index in [2.05, 4.69) is 19.1 Å². The Hall–Kier alpha value is -1.98. The fourth-order valence-corrected chi connectivity index (χ4v) is 2.29. The lowest BCUT2D eigenvalue weighted by atomic mass is 9.98. The van der Waals surface area contributed by atoms with Crippen LogP contribution in [-0.4, -0.2) is 6.61 Å². The molecule has 0 N–H and O–H groups in total. The topological polar surface area (TPSA) is 33.0 Å². The Morgan fingerprint density at radius 2 is 1.86 bits per heavy atom. The van der Waals surface area contributed by atoms with Gasteiger partial charge in [0.2, 0.25) is 0 Å². The van der Waals surface area contributed by atoms with Crippen molar-refractivity contribution in [2.75, 3.05) is 6.61 Å². The monoisotopic (exact) mass is 299 g/mol. The molecule has 2 rings (SSSR count). The molecule has 3 heteroatoms. The molecule has 1 atom stereocenters. The van der Waals surface area contributed by atoms with E-state index in [1.807, 2.05) is 43.3 Å². The van der Waals surface area contributed by atoms with Crippen LogP contribution in [0.25, 0.3) is 0 Å². The SMILES string of the molecule is Cc1cccc(OCCC(C#N)c2ccc(Cl)cc2)c1C. The quantitative estimate of drug-likeness (QED) is 0.775. The van der Waals surface area contributed by atoms with E-state index in [1.165, 1.54) is 5.56 Å². The summed E-state index contributed by atoms with van der Waals surface area (Å²) in [6.07, 6.45) is 0.658. The molecule has 0 heterocycles. The maximum absolute atomic E-state index is 9.31. The van der Waals surface area contributed by atoms with Gasteiger partial charge in [-0.05, 0) is 48.7 Å². The Kier molecular flexibility index (Phi) is 5.25. The van der Waals surface area contributed by atoms with Gasteiger partial charge in [0.1, 0.15) is 5.75 Å². The van der Waals surface area contributed by atoms with Crippen molar-refractivity contribution in [2.45, 2.75) is 26.2 Å². The second-order valence-electron chi connectivity index (χ2n) is 5.07. The molecule has 0 aromatic heterocycles. The zero-order valence-corrected chi connectivity index (χ0v) is 13.0. The van der Waals surface area contributed by atoms with Crippen molar-refractivity contribution in [3.05, 3.63) is 64.2 Å². The summed E-state index contributed by atoms with van der Waals surface area (Å²) in [7, 11) is 0. The molecule has 108 valence electrons. The number of rotatable bonds is 5. The molecule has 2 nitrogen and oxygen atoms in total. The van der Waals surface area contributed by atoms with Crippen LogP contribution in [0.4, 0.5) is 0 Å². The Morgan fingerprint density at radius 3 is 2.52 bits per heavy atom. The minimum atomic E-state index is -0.174. The van der Waals surface area contributed by atoms with Crippen molar-refractivity contribution in [3.63, 3.8) is 0 Å². The van der Waals surface area contributed by atoms with Gasteiger partial charge < -0.3 is 4.74 Å². The van der Waals surface area contributed by atoms with Gasteiger partial charge in [0, 0.05) is 11.4 Å². The van der Waals surface area contributed by atoms with Gasteiger partial charge in [-0.15, -0.1) is 0 Å². The highest BCUT2D eigenvalue weighted by Crippen LogP contribution is 2.24. The number of halogens is 1. The van der Waals surface area contributed by atoms with E-state index in [0.717, 1.165) is 16.9 Å². The first-order valence-corrected chi connectivity index (χ1v) is 7.33. The standard InChI is InChI=1S/C18H18ClNO/c1-13-4-3-5-18(14(13)2)21-11-10-16(12-20)15-6-8-17(19)9-7-15/h3-9,16H,10-11H2,1-2H3. The zero-order valence-electron chi connectivity index (χ0n) is 12.3.